The van der Waals surface area contributed by atoms with E-state index in [9.17, 15) is 10.1 Å². The fraction of sp³-hybridized carbons (Fsp3) is 0.538. The Bertz CT molecular complexity index is 468. The van der Waals surface area contributed by atoms with Crippen LogP contribution in [-0.4, -0.2) is 22.5 Å². The largest absolute Gasteiger partial charge is 0.465 e. The molecular formula is C13H17N3O2. The molecule has 0 aromatic carbocycles. The number of nitrogens with zero attached hydrogens (tertiary/aromatic N) is 3. The maximum Gasteiger partial charge on any atom is 0.332 e. The number of nitriles is 1. The molecule has 1 atom stereocenters. The predicted octanol–water partition coefficient (Wildman–Crippen LogP) is 1.77. The van der Waals surface area contributed by atoms with Gasteiger partial charge in [0, 0.05) is 5.69 Å². The molecule has 1 rings (SSSR count). The van der Waals surface area contributed by atoms with E-state index in [4.69, 9.17) is 4.74 Å². The molecule has 0 aliphatic rings. The van der Waals surface area contributed by atoms with Crippen molar-refractivity contribution in [3.05, 3.63) is 23.8 Å². The fourth-order valence-electron chi connectivity index (χ4n) is 1.55. The Labute approximate surface area is 107 Å². The molecule has 1 aromatic rings. The Morgan fingerprint density at radius 2 is 2.22 bits per heavy atom. The molecule has 0 spiro atoms. The summed E-state index contributed by atoms with van der Waals surface area (Å²) in [6, 6.07) is 3.68. The summed E-state index contributed by atoms with van der Waals surface area (Å²) in [5.74, 6) is -0.575. The average Bonchev–Trinajstić information content (AvgIpc) is 2.38. The lowest BCUT2D eigenvalue weighted by Crippen LogP contribution is -2.34. The van der Waals surface area contributed by atoms with Gasteiger partial charge in [-0.3, -0.25) is 0 Å². The number of hydrogen-bond donors (Lipinski definition) is 0. The van der Waals surface area contributed by atoms with Gasteiger partial charge in [0.15, 0.2) is 5.41 Å². The minimum absolute atomic E-state index is 0.239. The van der Waals surface area contributed by atoms with Crippen LogP contribution in [0.3, 0.4) is 0 Å². The van der Waals surface area contributed by atoms with E-state index in [2.05, 4.69) is 9.97 Å². The van der Waals surface area contributed by atoms with Crippen molar-refractivity contribution >= 4 is 5.97 Å². The third-order valence-corrected chi connectivity index (χ3v) is 2.65. The third-order valence-electron chi connectivity index (χ3n) is 2.65. The molecule has 1 heterocycles. The molecule has 1 unspecified atom stereocenters. The second-order valence-corrected chi connectivity index (χ2v) is 4.10. The van der Waals surface area contributed by atoms with Gasteiger partial charge in [0.2, 0.25) is 0 Å². The van der Waals surface area contributed by atoms with Crippen LogP contribution >= 0.6 is 0 Å². The van der Waals surface area contributed by atoms with Gasteiger partial charge in [0.1, 0.15) is 6.33 Å². The normalized spacial score (nSPS) is 13.4. The highest BCUT2D eigenvalue weighted by Gasteiger charge is 2.38. The molecule has 0 fully saturated rings. The zero-order valence-corrected chi connectivity index (χ0v) is 10.9. The maximum atomic E-state index is 11.9. The lowest BCUT2D eigenvalue weighted by atomic mass is 9.88. The molecule has 0 aliphatic heterocycles. The van der Waals surface area contributed by atoms with Crippen molar-refractivity contribution in [3.63, 3.8) is 0 Å². The number of carbonyl (C=O) groups excluding carboxylic acids is 1. The van der Waals surface area contributed by atoms with Gasteiger partial charge < -0.3 is 4.74 Å². The van der Waals surface area contributed by atoms with Crippen LogP contribution in [0, 0.1) is 11.3 Å². The smallest absolute Gasteiger partial charge is 0.332 e. The summed E-state index contributed by atoms with van der Waals surface area (Å²) in [5, 5.41) is 9.25. The topological polar surface area (TPSA) is 75.9 Å². The summed E-state index contributed by atoms with van der Waals surface area (Å²) in [7, 11) is 0. The second-order valence-electron chi connectivity index (χ2n) is 4.10. The SMILES string of the molecule is CCCc1cc(C(C)(C#N)C(=O)OCC)ncn1. The molecule has 0 amide bonds. The predicted molar refractivity (Wildman–Crippen MR) is 65.6 cm³/mol. The average molecular weight is 247 g/mol. The zero-order valence-electron chi connectivity index (χ0n) is 10.9. The number of ether oxygens (including phenoxy) is 1. The van der Waals surface area contributed by atoms with Crippen LogP contribution in [0.4, 0.5) is 0 Å². The van der Waals surface area contributed by atoms with E-state index in [1.165, 1.54) is 13.3 Å². The maximum absolute atomic E-state index is 11.9. The van der Waals surface area contributed by atoms with Crippen molar-refractivity contribution in [1.29, 1.82) is 5.26 Å². The standard InChI is InChI=1S/C13H17N3O2/c1-4-6-10-7-11(16-9-15-10)13(3,8-14)12(17)18-5-2/h7,9H,4-6H2,1-3H3. The van der Waals surface area contributed by atoms with E-state index < -0.39 is 11.4 Å². The molecule has 0 saturated carbocycles. The fourth-order valence-corrected chi connectivity index (χ4v) is 1.55. The summed E-state index contributed by atoms with van der Waals surface area (Å²) < 4.78 is 4.93. The van der Waals surface area contributed by atoms with E-state index >= 15 is 0 Å². The number of hydrogen-bond acceptors (Lipinski definition) is 5. The van der Waals surface area contributed by atoms with Crippen LogP contribution < -0.4 is 0 Å². The highest BCUT2D eigenvalue weighted by Crippen LogP contribution is 2.23. The van der Waals surface area contributed by atoms with Crippen molar-refractivity contribution in [2.45, 2.75) is 39.0 Å². The van der Waals surface area contributed by atoms with E-state index in [1.807, 2.05) is 13.0 Å². The van der Waals surface area contributed by atoms with Gasteiger partial charge in [0.05, 0.1) is 18.4 Å². The monoisotopic (exact) mass is 247 g/mol. The molecule has 5 heteroatoms. The number of carbonyl (C=O) groups is 1. The van der Waals surface area contributed by atoms with Crippen LogP contribution in [0.25, 0.3) is 0 Å². The summed E-state index contributed by atoms with van der Waals surface area (Å²) in [4.78, 5) is 20.0. The van der Waals surface area contributed by atoms with Crippen molar-refractivity contribution in [2.75, 3.05) is 6.61 Å². The Hall–Kier alpha value is -1.96. The first-order valence-corrected chi connectivity index (χ1v) is 5.98. The molecule has 0 saturated heterocycles. The zero-order chi connectivity index (χ0) is 13.6. The van der Waals surface area contributed by atoms with Crippen molar-refractivity contribution in [2.24, 2.45) is 0 Å². The first-order valence-electron chi connectivity index (χ1n) is 5.98. The van der Waals surface area contributed by atoms with Crippen LogP contribution in [0.1, 0.15) is 38.6 Å². The summed E-state index contributed by atoms with van der Waals surface area (Å²) >= 11 is 0. The van der Waals surface area contributed by atoms with Gasteiger partial charge in [-0.2, -0.15) is 5.26 Å². The van der Waals surface area contributed by atoms with Crippen molar-refractivity contribution < 1.29 is 9.53 Å². The Kier molecular flexibility index (Phi) is 4.78. The molecular weight excluding hydrogens is 230 g/mol. The molecule has 5 nitrogen and oxygen atoms in total. The van der Waals surface area contributed by atoms with Gasteiger partial charge in [-0.25, -0.2) is 14.8 Å². The summed E-state index contributed by atoms with van der Waals surface area (Å²) in [6.45, 7) is 5.50. The van der Waals surface area contributed by atoms with Gasteiger partial charge in [-0.05, 0) is 26.3 Å². The van der Waals surface area contributed by atoms with Crippen LogP contribution in [0.15, 0.2) is 12.4 Å². The molecule has 0 radical (unpaired) electrons. The van der Waals surface area contributed by atoms with Gasteiger partial charge in [-0.1, -0.05) is 13.3 Å². The minimum Gasteiger partial charge on any atom is -0.465 e. The van der Waals surface area contributed by atoms with E-state index in [0.29, 0.717) is 5.69 Å². The number of aromatic nitrogens is 2. The quantitative estimate of drug-likeness (QED) is 0.741. The molecule has 0 aliphatic carbocycles. The Morgan fingerprint density at radius 3 is 2.78 bits per heavy atom. The van der Waals surface area contributed by atoms with E-state index in [1.54, 1.807) is 13.0 Å². The minimum atomic E-state index is -1.37. The molecule has 1 aromatic heterocycles. The number of esters is 1. The lowest BCUT2D eigenvalue weighted by Gasteiger charge is -2.18. The van der Waals surface area contributed by atoms with Crippen molar-refractivity contribution in [3.8, 4) is 6.07 Å². The second kappa shape index (κ2) is 6.10. The molecule has 0 bridgehead atoms. The number of rotatable bonds is 5. The summed E-state index contributed by atoms with van der Waals surface area (Å²) in [6.07, 6.45) is 3.12. The van der Waals surface area contributed by atoms with E-state index in [-0.39, 0.29) is 6.61 Å². The van der Waals surface area contributed by atoms with Crippen molar-refractivity contribution in [1.82, 2.24) is 9.97 Å². The van der Waals surface area contributed by atoms with Gasteiger partial charge in [-0.15, -0.1) is 0 Å². The highest BCUT2D eigenvalue weighted by molar-refractivity contribution is 5.85. The Morgan fingerprint density at radius 1 is 1.50 bits per heavy atom. The highest BCUT2D eigenvalue weighted by atomic mass is 16.5. The van der Waals surface area contributed by atoms with Crippen LogP contribution in [0.2, 0.25) is 0 Å². The molecule has 96 valence electrons. The number of aryl methyl sites for hydroxylation is 1. The van der Waals surface area contributed by atoms with Gasteiger partial charge in [0.25, 0.3) is 0 Å². The van der Waals surface area contributed by atoms with Crippen LogP contribution in [0.5, 0.6) is 0 Å². The lowest BCUT2D eigenvalue weighted by molar-refractivity contribution is -0.147. The molecule has 18 heavy (non-hydrogen) atoms. The third kappa shape index (κ3) is 2.83. The van der Waals surface area contributed by atoms with E-state index in [0.717, 1.165) is 18.5 Å². The molecule has 0 N–H and O–H groups in total. The first-order chi connectivity index (χ1) is 8.58. The Balaban J connectivity index is 3.12. The first kappa shape index (κ1) is 14.1. The van der Waals surface area contributed by atoms with Crippen LogP contribution in [-0.2, 0) is 21.4 Å². The summed E-state index contributed by atoms with van der Waals surface area (Å²) in [5.41, 5.74) is -0.156. The van der Waals surface area contributed by atoms with Gasteiger partial charge >= 0.3 is 5.97 Å².